The van der Waals surface area contributed by atoms with E-state index in [9.17, 15) is 9.59 Å². The number of thioether (sulfide) groups is 1. The number of benzene rings is 2. The number of amides is 1. The normalized spacial score (nSPS) is 12.2. The second kappa shape index (κ2) is 9.32. The van der Waals surface area contributed by atoms with Crippen LogP contribution in [0.25, 0.3) is 22.4 Å². The van der Waals surface area contributed by atoms with Crippen molar-refractivity contribution in [3.05, 3.63) is 81.3 Å². The zero-order valence-corrected chi connectivity index (χ0v) is 20.1. The maximum absolute atomic E-state index is 13.4. The summed E-state index contributed by atoms with van der Waals surface area (Å²) in [6.45, 7) is 1.96. The summed E-state index contributed by atoms with van der Waals surface area (Å²) in [5, 5.41) is 14.7. The number of carbonyl (C=O) groups excluding carboxylic acids is 1. The lowest BCUT2D eigenvalue weighted by atomic mass is 10.2. The van der Waals surface area contributed by atoms with Crippen LogP contribution in [0.5, 0.6) is 5.75 Å². The summed E-state index contributed by atoms with van der Waals surface area (Å²) >= 11 is 2.88. The quantitative estimate of drug-likeness (QED) is 0.345. The second-order valence-electron chi connectivity index (χ2n) is 7.57. The molecule has 0 aliphatic rings. The number of hydrogen-bond donors (Lipinski definition) is 1. The van der Waals surface area contributed by atoms with Crippen molar-refractivity contribution in [3.63, 3.8) is 0 Å². The molecule has 1 atom stereocenters. The van der Waals surface area contributed by atoms with Gasteiger partial charge in [0.25, 0.3) is 5.56 Å². The molecule has 172 valence electrons. The van der Waals surface area contributed by atoms with Crippen molar-refractivity contribution in [1.29, 1.82) is 0 Å². The van der Waals surface area contributed by atoms with Gasteiger partial charge >= 0.3 is 0 Å². The van der Waals surface area contributed by atoms with E-state index in [1.54, 1.807) is 30.6 Å². The smallest absolute Gasteiger partial charge is 0.267 e. The molecule has 0 bridgehead atoms. The van der Waals surface area contributed by atoms with Gasteiger partial charge in [0.15, 0.2) is 5.16 Å². The fourth-order valence-corrected chi connectivity index (χ4v) is 5.26. The monoisotopic (exact) mass is 491 g/mol. The van der Waals surface area contributed by atoms with Gasteiger partial charge in [-0.1, -0.05) is 36.0 Å². The molecule has 10 heteroatoms. The zero-order chi connectivity index (χ0) is 23.7. The minimum absolute atomic E-state index is 0.0673. The third kappa shape index (κ3) is 4.06. The van der Waals surface area contributed by atoms with Crippen LogP contribution in [-0.4, -0.2) is 37.9 Å². The van der Waals surface area contributed by atoms with Gasteiger partial charge in [-0.25, -0.2) is 4.57 Å². The Bertz CT molecular complexity index is 1540. The first-order chi connectivity index (χ1) is 16.6. The third-order valence-corrected chi connectivity index (χ3v) is 7.37. The molecule has 8 nitrogen and oxygen atoms in total. The fraction of sp³-hybridized carbons (Fsp3) is 0.167. The fourth-order valence-electron chi connectivity index (χ4n) is 3.78. The highest BCUT2D eigenvalue weighted by Gasteiger charge is 2.19. The summed E-state index contributed by atoms with van der Waals surface area (Å²) in [6, 6.07) is 18.4. The van der Waals surface area contributed by atoms with Crippen molar-refractivity contribution in [3.8, 4) is 11.4 Å². The molecule has 3 heterocycles. The van der Waals surface area contributed by atoms with Crippen molar-refractivity contribution in [2.24, 2.45) is 0 Å². The van der Waals surface area contributed by atoms with Gasteiger partial charge in [-0.15, -0.1) is 21.5 Å². The minimum atomic E-state index is -0.206. The van der Waals surface area contributed by atoms with Crippen LogP contribution in [-0.2, 0) is 4.79 Å². The van der Waals surface area contributed by atoms with Crippen molar-refractivity contribution in [1.82, 2.24) is 24.5 Å². The van der Waals surface area contributed by atoms with Gasteiger partial charge in [-0.2, -0.15) is 0 Å². The number of aromatic nitrogens is 4. The Balaban J connectivity index is 1.53. The van der Waals surface area contributed by atoms with Crippen LogP contribution in [0.3, 0.4) is 0 Å². The van der Waals surface area contributed by atoms with Gasteiger partial charge in [0.05, 0.1) is 35.5 Å². The Hall–Kier alpha value is -3.63. The molecule has 2 aromatic carbocycles. The van der Waals surface area contributed by atoms with Crippen LogP contribution >= 0.6 is 23.1 Å². The molecule has 0 saturated carbocycles. The first kappa shape index (κ1) is 22.2. The van der Waals surface area contributed by atoms with Crippen LogP contribution in [0.2, 0.25) is 0 Å². The molecule has 1 unspecified atom stereocenters. The van der Waals surface area contributed by atoms with E-state index < -0.39 is 0 Å². The van der Waals surface area contributed by atoms with Crippen LogP contribution in [0, 0.1) is 0 Å². The van der Waals surface area contributed by atoms with Crippen molar-refractivity contribution >= 4 is 45.7 Å². The highest BCUT2D eigenvalue weighted by Crippen LogP contribution is 2.25. The summed E-state index contributed by atoms with van der Waals surface area (Å²) in [5.41, 5.74) is 1.09. The molecule has 34 heavy (non-hydrogen) atoms. The van der Waals surface area contributed by atoms with E-state index in [0.29, 0.717) is 33.3 Å². The van der Waals surface area contributed by atoms with E-state index >= 15 is 0 Å². The molecule has 0 aliphatic carbocycles. The molecule has 0 saturated heterocycles. The standard InChI is InChI=1S/C24H21N5O3S2/c1-15(20-11-6-12-33-20)25-21(30)14-34-24-27-26-23-28(16-7-5-8-17(13-16)32-2)22(31)18-9-3-4-10-19(18)29(23)24/h3-13,15H,14H2,1-2H3,(H,25,30). The molecule has 1 amide bonds. The third-order valence-electron chi connectivity index (χ3n) is 5.39. The highest BCUT2D eigenvalue weighted by molar-refractivity contribution is 7.99. The Morgan fingerprint density at radius 3 is 2.79 bits per heavy atom. The molecule has 3 aromatic heterocycles. The number of ether oxygens (including phenoxy) is 1. The molecular formula is C24H21N5O3S2. The number of fused-ring (bicyclic) bond motifs is 3. The molecular weight excluding hydrogens is 470 g/mol. The van der Waals surface area contributed by atoms with Crippen LogP contribution in [0.15, 0.2) is 76.0 Å². The largest absolute Gasteiger partial charge is 0.497 e. The SMILES string of the molecule is COc1cccc(-n2c(=O)c3ccccc3n3c(SCC(=O)NC(C)c4cccs4)nnc23)c1. The Morgan fingerprint density at radius 1 is 1.15 bits per heavy atom. The second-order valence-corrected chi connectivity index (χ2v) is 9.49. The molecule has 0 radical (unpaired) electrons. The Kier molecular flexibility index (Phi) is 6.08. The Morgan fingerprint density at radius 2 is 2.00 bits per heavy atom. The van der Waals surface area contributed by atoms with Gasteiger partial charge in [0.1, 0.15) is 5.75 Å². The molecule has 5 aromatic rings. The highest BCUT2D eigenvalue weighted by atomic mass is 32.2. The van der Waals surface area contributed by atoms with Gasteiger partial charge < -0.3 is 10.1 Å². The number of carbonyl (C=O) groups is 1. The molecule has 0 aliphatic heterocycles. The number of rotatable bonds is 7. The molecule has 0 spiro atoms. The first-order valence-corrected chi connectivity index (χ1v) is 12.4. The number of hydrogen-bond acceptors (Lipinski definition) is 7. The molecule has 1 N–H and O–H groups in total. The van der Waals surface area contributed by atoms with Crippen LogP contribution < -0.4 is 15.6 Å². The van der Waals surface area contributed by atoms with Gasteiger partial charge in [-0.3, -0.25) is 14.0 Å². The van der Waals surface area contributed by atoms with Crippen LogP contribution in [0.4, 0.5) is 0 Å². The predicted molar refractivity (Wildman–Crippen MR) is 134 cm³/mol. The Labute approximate surface area is 203 Å². The summed E-state index contributed by atoms with van der Waals surface area (Å²) in [7, 11) is 1.58. The summed E-state index contributed by atoms with van der Waals surface area (Å²) < 4.78 is 8.67. The number of para-hydroxylation sites is 1. The average molecular weight is 492 g/mol. The number of methoxy groups -OCH3 is 1. The van der Waals surface area contributed by atoms with Crippen LogP contribution in [0.1, 0.15) is 17.8 Å². The molecule has 5 rings (SSSR count). The number of thiophene rings is 1. The van der Waals surface area contributed by atoms with Crippen molar-refractivity contribution in [2.75, 3.05) is 12.9 Å². The lowest BCUT2D eigenvalue weighted by molar-refractivity contribution is -0.119. The maximum Gasteiger partial charge on any atom is 0.267 e. The van der Waals surface area contributed by atoms with Crippen molar-refractivity contribution in [2.45, 2.75) is 18.1 Å². The summed E-state index contributed by atoms with van der Waals surface area (Å²) in [5.74, 6) is 1.06. The van der Waals surface area contributed by atoms with Gasteiger partial charge in [-0.05, 0) is 42.6 Å². The topological polar surface area (TPSA) is 90.5 Å². The van der Waals surface area contributed by atoms with Gasteiger partial charge in [0, 0.05) is 10.9 Å². The van der Waals surface area contributed by atoms with Gasteiger partial charge in [0.2, 0.25) is 11.7 Å². The predicted octanol–water partition coefficient (Wildman–Crippen LogP) is 4.07. The van der Waals surface area contributed by atoms with E-state index in [-0.39, 0.29) is 23.3 Å². The summed E-state index contributed by atoms with van der Waals surface area (Å²) in [6.07, 6.45) is 0. The number of nitrogens with one attached hydrogen (secondary N) is 1. The summed E-state index contributed by atoms with van der Waals surface area (Å²) in [4.78, 5) is 27.1. The average Bonchev–Trinajstić information content (AvgIpc) is 3.54. The minimum Gasteiger partial charge on any atom is -0.497 e. The lowest BCUT2D eigenvalue weighted by Gasteiger charge is -2.13. The zero-order valence-electron chi connectivity index (χ0n) is 18.5. The van der Waals surface area contributed by atoms with E-state index in [1.165, 1.54) is 16.3 Å². The van der Waals surface area contributed by atoms with E-state index in [0.717, 1.165) is 4.88 Å². The van der Waals surface area contributed by atoms with Crippen molar-refractivity contribution < 1.29 is 9.53 Å². The number of nitrogens with zero attached hydrogens (tertiary/aromatic N) is 4. The van der Waals surface area contributed by atoms with E-state index in [2.05, 4.69) is 15.5 Å². The maximum atomic E-state index is 13.4. The first-order valence-electron chi connectivity index (χ1n) is 10.6. The molecule has 0 fully saturated rings. The van der Waals surface area contributed by atoms with E-state index in [4.69, 9.17) is 4.74 Å². The lowest BCUT2D eigenvalue weighted by Crippen LogP contribution is -2.27. The van der Waals surface area contributed by atoms with E-state index in [1.807, 2.05) is 65.2 Å².